The fraction of sp³-hybridized carbons (Fsp3) is 0.294. The fourth-order valence-corrected chi connectivity index (χ4v) is 2.23. The molecule has 1 aromatic heterocycles. The Bertz CT molecular complexity index is 697. The Hall–Kier alpha value is -2.80. The highest BCUT2D eigenvalue weighted by atomic mass is 16.5. The summed E-state index contributed by atoms with van der Waals surface area (Å²) in [5.74, 6) is -0.540. The first-order chi connectivity index (χ1) is 11.6. The first-order valence-electron chi connectivity index (χ1n) is 7.66. The van der Waals surface area contributed by atoms with Gasteiger partial charge in [-0.2, -0.15) is 0 Å². The Morgan fingerprint density at radius 1 is 1.25 bits per heavy atom. The minimum atomic E-state index is -0.646. The molecular formula is C17H21N3O4. The van der Waals surface area contributed by atoms with E-state index in [4.69, 9.17) is 4.74 Å². The summed E-state index contributed by atoms with van der Waals surface area (Å²) in [6.45, 7) is 2.00. The lowest BCUT2D eigenvalue weighted by Crippen LogP contribution is -2.24. The lowest BCUT2D eigenvalue weighted by molar-refractivity contribution is 0.0931. The number of carbonyl (C=O) groups excluding carboxylic acids is 2. The summed E-state index contributed by atoms with van der Waals surface area (Å²) in [6, 6.07) is 10.6. The molecule has 7 nitrogen and oxygen atoms in total. The zero-order valence-electron chi connectivity index (χ0n) is 13.6. The molecule has 0 saturated carbocycles. The Morgan fingerprint density at radius 3 is 2.54 bits per heavy atom. The average Bonchev–Trinajstić information content (AvgIpc) is 3.04. The predicted molar refractivity (Wildman–Crippen MR) is 89.1 cm³/mol. The highest BCUT2D eigenvalue weighted by Crippen LogP contribution is 2.26. The maximum Gasteiger partial charge on any atom is 0.271 e. The number of aliphatic hydroxyl groups excluding tert-OH is 1. The van der Waals surface area contributed by atoms with Gasteiger partial charge < -0.3 is 25.5 Å². The van der Waals surface area contributed by atoms with Gasteiger partial charge in [-0.15, -0.1) is 0 Å². The van der Waals surface area contributed by atoms with E-state index in [1.165, 1.54) is 13.1 Å². The van der Waals surface area contributed by atoms with Crippen molar-refractivity contribution in [2.45, 2.75) is 13.0 Å². The second-order valence-corrected chi connectivity index (χ2v) is 5.06. The van der Waals surface area contributed by atoms with Crippen molar-refractivity contribution < 1.29 is 19.4 Å². The lowest BCUT2D eigenvalue weighted by atomic mass is 10.1. The van der Waals surface area contributed by atoms with Crippen molar-refractivity contribution in [2.24, 2.45) is 0 Å². The number of hydrogen-bond acceptors (Lipinski definition) is 4. The largest absolute Gasteiger partial charge is 0.481 e. The van der Waals surface area contributed by atoms with Gasteiger partial charge in [0.05, 0.1) is 6.61 Å². The minimum Gasteiger partial charge on any atom is -0.481 e. The highest BCUT2D eigenvalue weighted by molar-refractivity contribution is 5.99. The van der Waals surface area contributed by atoms with E-state index in [1.54, 1.807) is 6.92 Å². The van der Waals surface area contributed by atoms with Crippen molar-refractivity contribution in [2.75, 3.05) is 20.2 Å². The van der Waals surface area contributed by atoms with E-state index in [2.05, 4.69) is 15.6 Å². The zero-order chi connectivity index (χ0) is 17.5. The van der Waals surface area contributed by atoms with Crippen molar-refractivity contribution in [3.63, 3.8) is 0 Å². The van der Waals surface area contributed by atoms with Gasteiger partial charge in [-0.1, -0.05) is 30.3 Å². The SMILES string of the molecule is CCNC(=O)c1cc(O[C@@H](CO)c2ccccc2)c(C(=O)NC)[nH]1. The van der Waals surface area contributed by atoms with Gasteiger partial charge in [-0.05, 0) is 12.5 Å². The van der Waals surface area contributed by atoms with Crippen molar-refractivity contribution in [1.29, 1.82) is 0 Å². The molecule has 4 N–H and O–H groups in total. The van der Waals surface area contributed by atoms with E-state index >= 15 is 0 Å². The van der Waals surface area contributed by atoms with Gasteiger partial charge in [0.2, 0.25) is 0 Å². The Morgan fingerprint density at radius 2 is 1.96 bits per heavy atom. The zero-order valence-corrected chi connectivity index (χ0v) is 13.6. The molecule has 0 bridgehead atoms. The van der Waals surface area contributed by atoms with Crippen LogP contribution in [0.5, 0.6) is 5.75 Å². The summed E-state index contributed by atoms with van der Waals surface area (Å²) in [4.78, 5) is 26.8. The van der Waals surface area contributed by atoms with Crippen LogP contribution in [0.3, 0.4) is 0 Å². The molecule has 24 heavy (non-hydrogen) atoms. The maximum absolute atomic E-state index is 12.0. The second-order valence-electron chi connectivity index (χ2n) is 5.06. The Labute approximate surface area is 140 Å². The monoisotopic (exact) mass is 331 g/mol. The molecule has 1 atom stereocenters. The van der Waals surface area contributed by atoms with Crippen LogP contribution >= 0.6 is 0 Å². The van der Waals surface area contributed by atoms with Crippen molar-refractivity contribution in [3.8, 4) is 5.75 Å². The van der Waals surface area contributed by atoms with Gasteiger partial charge in [0.15, 0.2) is 5.75 Å². The number of nitrogens with one attached hydrogen (secondary N) is 3. The summed E-state index contributed by atoms with van der Waals surface area (Å²) in [5, 5.41) is 14.8. The molecule has 0 fully saturated rings. The topological polar surface area (TPSA) is 103 Å². The number of H-pyrrole nitrogens is 1. The summed E-state index contributed by atoms with van der Waals surface area (Å²) in [7, 11) is 1.49. The molecule has 2 amide bonds. The molecule has 0 aliphatic heterocycles. The van der Waals surface area contributed by atoms with E-state index < -0.39 is 12.0 Å². The van der Waals surface area contributed by atoms with Crippen molar-refractivity contribution in [3.05, 3.63) is 53.3 Å². The summed E-state index contributed by atoms with van der Waals surface area (Å²) < 4.78 is 5.79. The van der Waals surface area contributed by atoms with Crippen LogP contribution in [0.4, 0.5) is 0 Å². The molecule has 0 unspecified atom stereocenters. The molecule has 2 rings (SSSR count). The molecular weight excluding hydrogens is 310 g/mol. The molecule has 128 valence electrons. The molecule has 1 aromatic carbocycles. The van der Waals surface area contributed by atoms with Crippen LogP contribution in [-0.4, -0.2) is 42.1 Å². The van der Waals surface area contributed by atoms with Crippen LogP contribution in [0.25, 0.3) is 0 Å². The van der Waals surface area contributed by atoms with Gasteiger partial charge in [0.1, 0.15) is 17.5 Å². The first kappa shape index (κ1) is 17.6. The Kier molecular flexibility index (Phi) is 5.97. The molecule has 0 saturated heterocycles. The highest BCUT2D eigenvalue weighted by Gasteiger charge is 2.22. The van der Waals surface area contributed by atoms with Crippen LogP contribution in [0.1, 0.15) is 39.6 Å². The number of ether oxygens (including phenoxy) is 1. The number of rotatable bonds is 7. The third kappa shape index (κ3) is 3.94. The molecule has 0 aliphatic carbocycles. The number of carbonyl (C=O) groups is 2. The van der Waals surface area contributed by atoms with Gasteiger partial charge in [0, 0.05) is 19.7 Å². The quantitative estimate of drug-likeness (QED) is 0.613. The smallest absolute Gasteiger partial charge is 0.271 e. The number of aromatic amines is 1. The van der Waals surface area contributed by atoms with Gasteiger partial charge >= 0.3 is 0 Å². The summed E-state index contributed by atoms with van der Waals surface area (Å²) in [6.07, 6.45) is -0.646. The van der Waals surface area contributed by atoms with Crippen LogP contribution in [0.2, 0.25) is 0 Å². The first-order valence-corrected chi connectivity index (χ1v) is 7.66. The molecule has 0 radical (unpaired) electrons. The average molecular weight is 331 g/mol. The fourth-order valence-electron chi connectivity index (χ4n) is 2.23. The predicted octanol–water partition coefficient (Wildman–Crippen LogP) is 1.24. The molecule has 2 aromatic rings. The van der Waals surface area contributed by atoms with Crippen LogP contribution < -0.4 is 15.4 Å². The number of hydrogen-bond donors (Lipinski definition) is 4. The standard InChI is InChI=1S/C17H21N3O4/c1-3-19-16(22)12-9-13(15(20-12)17(23)18-2)24-14(10-21)11-7-5-4-6-8-11/h4-9,14,20-21H,3,10H2,1-2H3,(H,18,23)(H,19,22)/t14-/m0/s1. The molecule has 0 aliphatic rings. The summed E-state index contributed by atoms with van der Waals surface area (Å²) in [5.41, 5.74) is 1.12. The number of amides is 2. The maximum atomic E-state index is 12.0. The minimum absolute atomic E-state index is 0.133. The number of aromatic nitrogens is 1. The van der Waals surface area contributed by atoms with E-state index in [0.717, 1.165) is 5.56 Å². The van der Waals surface area contributed by atoms with Gasteiger partial charge in [-0.3, -0.25) is 9.59 Å². The Balaban J connectivity index is 2.33. The molecule has 0 spiro atoms. The van der Waals surface area contributed by atoms with E-state index in [-0.39, 0.29) is 29.7 Å². The van der Waals surface area contributed by atoms with Crippen LogP contribution in [-0.2, 0) is 0 Å². The normalized spacial score (nSPS) is 11.6. The van der Waals surface area contributed by atoms with Crippen molar-refractivity contribution in [1.82, 2.24) is 15.6 Å². The van der Waals surface area contributed by atoms with Gasteiger partial charge in [-0.25, -0.2) is 0 Å². The van der Waals surface area contributed by atoms with Gasteiger partial charge in [0.25, 0.3) is 11.8 Å². The molecule has 1 heterocycles. The van der Waals surface area contributed by atoms with Crippen LogP contribution in [0, 0.1) is 0 Å². The van der Waals surface area contributed by atoms with Crippen molar-refractivity contribution >= 4 is 11.8 Å². The number of aliphatic hydroxyl groups is 1. The number of benzene rings is 1. The van der Waals surface area contributed by atoms with Crippen LogP contribution in [0.15, 0.2) is 36.4 Å². The third-order valence-corrected chi connectivity index (χ3v) is 3.42. The lowest BCUT2D eigenvalue weighted by Gasteiger charge is -2.17. The summed E-state index contributed by atoms with van der Waals surface area (Å²) >= 11 is 0. The van der Waals surface area contributed by atoms with E-state index in [0.29, 0.717) is 6.54 Å². The second kappa shape index (κ2) is 8.16. The molecule has 7 heteroatoms. The third-order valence-electron chi connectivity index (χ3n) is 3.42. The van der Waals surface area contributed by atoms with E-state index in [1.807, 2.05) is 30.3 Å². The van der Waals surface area contributed by atoms with E-state index in [9.17, 15) is 14.7 Å².